The van der Waals surface area contributed by atoms with E-state index in [2.05, 4.69) is 95.0 Å². The van der Waals surface area contributed by atoms with Crippen molar-refractivity contribution in [3.63, 3.8) is 0 Å². The molecule has 1 aliphatic rings. The summed E-state index contributed by atoms with van der Waals surface area (Å²) in [7, 11) is 0. The lowest BCUT2D eigenvalue weighted by atomic mass is 9.98. The number of hydrogen-bond acceptors (Lipinski definition) is 1. The van der Waals surface area contributed by atoms with Crippen molar-refractivity contribution in [2.75, 3.05) is 5.32 Å². The van der Waals surface area contributed by atoms with Gasteiger partial charge in [0.15, 0.2) is 0 Å². The number of nitrogens with zero attached hydrogens (tertiary/aromatic N) is 2. The van der Waals surface area contributed by atoms with Gasteiger partial charge in [-0.15, -0.1) is 0 Å². The Kier molecular flexibility index (Phi) is 5.94. The fraction of sp³-hybridized carbons (Fsp3) is 0.194. The maximum atomic E-state index is 6.21. The minimum atomic E-state index is 0.743. The van der Waals surface area contributed by atoms with Gasteiger partial charge in [0.05, 0.1) is 11.4 Å². The molecule has 2 aromatic heterocycles. The van der Waals surface area contributed by atoms with E-state index >= 15 is 0 Å². The highest BCUT2D eigenvalue weighted by Gasteiger charge is 2.28. The number of para-hydroxylation sites is 1. The van der Waals surface area contributed by atoms with E-state index in [-0.39, 0.29) is 0 Å². The Bertz CT molecular complexity index is 1570. The summed E-state index contributed by atoms with van der Waals surface area (Å²) in [5.74, 6) is 0. The minimum Gasteiger partial charge on any atom is -0.344 e. The molecule has 3 nitrogen and oxygen atoms in total. The van der Waals surface area contributed by atoms with Crippen LogP contribution in [0.5, 0.6) is 0 Å². The van der Waals surface area contributed by atoms with Gasteiger partial charge < -0.3 is 9.88 Å². The zero-order valence-electron chi connectivity index (χ0n) is 20.5. The molecule has 3 aromatic carbocycles. The third-order valence-electron chi connectivity index (χ3n) is 7.27. The molecule has 0 fully saturated rings. The topological polar surface area (TPSA) is 21.4 Å². The van der Waals surface area contributed by atoms with Crippen molar-refractivity contribution in [1.29, 1.82) is 0 Å². The van der Waals surface area contributed by atoms with E-state index in [1.54, 1.807) is 0 Å². The molecule has 1 N–H and O–H groups in total. The molecule has 0 atom stereocenters. The van der Waals surface area contributed by atoms with Crippen LogP contribution in [0, 0.1) is 13.8 Å². The predicted molar refractivity (Wildman–Crippen MR) is 155 cm³/mol. The first-order chi connectivity index (χ1) is 17.5. The van der Waals surface area contributed by atoms with Crippen LogP contribution in [0.3, 0.4) is 0 Å². The number of benzene rings is 3. The second kappa shape index (κ2) is 9.27. The van der Waals surface area contributed by atoms with Gasteiger partial charge in [-0.1, -0.05) is 84.5 Å². The normalized spacial score (nSPS) is 13.1. The SMILES string of the molecule is Cc1cccc(C)c1NC(=S)c1c(-c2ccccc2)c2c3n(c(-c4ccc(Cl)cc4)cn13)CCCC2. The molecule has 0 spiro atoms. The van der Waals surface area contributed by atoms with Crippen molar-refractivity contribution in [2.24, 2.45) is 0 Å². The van der Waals surface area contributed by atoms with Crippen LogP contribution >= 0.6 is 23.8 Å². The van der Waals surface area contributed by atoms with E-state index in [4.69, 9.17) is 23.8 Å². The van der Waals surface area contributed by atoms with Crippen LogP contribution in [0.15, 0.2) is 79.0 Å². The lowest BCUT2D eigenvalue weighted by molar-refractivity contribution is 0.647. The van der Waals surface area contributed by atoms with E-state index in [9.17, 15) is 0 Å². The van der Waals surface area contributed by atoms with Crippen LogP contribution in [0.1, 0.15) is 35.2 Å². The molecular weight excluding hydrogens is 482 g/mol. The van der Waals surface area contributed by atoms with Crippen LogP contribution in [-0.4, -0.2) is 14.0 Å². The van der Waals surface area contributed by atoms with Crippen molar-refractivity contribution in [2.45, 2.75) is 39.7 Å². The van der Waals surface area contributed by atoms with Crippen molar-refractivity contribution in [3.8, 4) is 22.4 Å². The lowest BCUT2D eigenvalue weighted by Crippen LogP contribution is -2.15. The van der Waals surface area contributed by atoms with Gasteiger partial charge in [-0.25, -0.2) is 0 Å². The van der Waals surface area contributed by atoms with Crippen LogP contribution in [0.2, 0.25) is 5.02 Å². The summed E-state index contributed by atoms with van der Waals surface area (Å²) < 4.78 is 4.80. The average Bonchev–Trinajstić information content (AvgIpc) is 3.30. The first kappa shape index (κ1) is 23.1. The van der Waals surface area contributed by atoms with Crippen LogP contribution in [0.25, 0.3) is 28.0 Å². The number of imidazole rings is 1. The molecule has 0 radical (unpaired) electrons. The maximum absolute atomic E-state index is 6.21. The smallest absolute Gasteiger partial charge is 0.128 e. The molecule has 180 valence electrons. The molecule has 0 aliphatic carbocycles. The van der Waals surface area contributed by atoms with E-state index in [0.29, 0.717) is 0 Å². The monoisotopic (exact) mass is 509 g/mol. The molecular formula is C31H28ClN3S. The Hall–Kier alpha value is -3.34. The standard InChI is InChI=1S/C31H28ClN3S/c1-20-9-8-10-21(2)28(20)33-30(36)29-27(23-11-4-3-5-12-23)25-13-6-7-18-34-26(19-35(29)31(25)34)22-14-16-24(32)17-15-22/h3-5,8-12,14-17,19H,6-7,13,18H2,1-2H3,(H,33,36). The van der Waals surface area contributed by atoms with Gasteiger partial charge in [0.25, 0.3) is 0 Å². The fourth-order valence-electron chi connectivity index (χ4n) is 5.56. The molecule has 0 amide bonds. The lowest BCUT2D eigenvalue weighted by Gasteiger charge is -2.15. The molecule has 5 heteroatoms. The molecule has 6 rings (SSSR count). The Morgan fingerprint density at radius 1 is 0.861 bits per heavy atom. The van der Waals surface area contributed by atoms with Crippen molar-refractivity contribution < 1.29 is 0 Å². The Morgan fingerprint density at radius 2 is 1.58 bits per heavy atom. The summed E-state index contributed by atoms with van der Waals surface area (Å²) >= 11 is 12.4. The summed E-state index contributed by atoms with van der Waals surface area (Å²) in [4.78, 5) is 0.743. The highest BCUT2D eigenvalue weighted by molar-refractivity contribution is 7.81. The highest BCUT2D eigenvalue weighted by Crippen LogP contribution is 2.40. The average molecular weight is 510 g/mol. The Balaban J connectivity index is 1.62. The van der Waals surface area contributed by atoms with Gasteiger partial charge in [-0.2, -0.15) is 0 Å². The number of rotatable bonds is 4. The Morgan fingerprint density at radius 3 is 2.31 bits per heavy atom. The van der Waals surface area contributed by atoms with Gasteiger partial charge in [-0.05, 0) is 67.5 Å². The van der Waals surface area contributed by atoms with Crippen molar-refractivity contribution in [1.82, 2.24) is 8.97 Å². The number of aromatic nitrogens is 2. The predicted octanol–water partition coefficient (Wildman–Crippen LogP) is 8.47. The third kappa shape index (κ3) is 3.85. The van der Waals surface area contributed by atoms with Gasteiger partial charge >= 0.3 is 0 Å². The van der Waals surface area contributed by atoms with Gasteiger partial charge in [0.2, 0.25) is 0 Å². The van der Waals surface area contributed by atoms with Crippen LogP contribution < -0.4 is 5.32 Å². The summed E-state index contributed by atoms with van der Waals surface area (Å²) in [5.41, 5.74) is 11.9. The number of nitrogens with one attached hydrogen (secondary N) is 1. The number of anilines is 1. The molecule has 36 heavy (non-hydrogen) atoms. The quantitative estimate of drug-likeness (QED) is 0.245. The molecule has 0 saturated carbocycles. The van der Waals surface area contributed by atoms with Crippen LogP contribution in [-0.2, 0) is 13.0 Å². The molecule has 5 aromatic rings. The second-order valence-corrected chi connectivity index (χ2v) is 10.5. The molecule has 0 bridgehead atoms. The first-order valence-corrected chi connectivity index (χ1v) is 13.3. The first-order valence-electron chi connectivity index (χ1n) is 12.5. The summed E-state index contributed by atoms with van der Waals surface area (Å²) in [6, 6.07) is 25.2. The molecule has 3 heterocycles. The van der Waals surface area contributed by atoms with Gasteiger partial charge in [0.1, 0.15) is 10.6 Å². The largest absolute Gasteiger partial charge is 0.344 e. The molecule has 0 saturated heterocycles. The van der Waals surface area contributed by atoms with Crippen molar-refractivity contribution >= 4 is 40.1 Å². The number of hydrogen-bond donors (Lipinski definition) is 1. The van der Waals surface area contributed by atoms with E-state index < -0.39 is 0 Å². The van der Waals surface area contributed by atoms with E-state index in [1.165, 1.54) is 39.2 Å². The van der Waals surface area contributed by atoms with E-state index in [1.807, 2.05) is 12.1 Å². The summed E-state index contributed by atoms with van der Waals surface area (Å²) in [6.45, 7) is 5.24. The van der Waals surface area contributed by atoms with Gasteiger partial charge in [-0.3, -0.25) is 4.40 Å². The zero-order chi connectivity index (χ0) is 24.8. The molecule has 0 unspecified atom stereocenters. The number of thiocarbonyl (C=S) groups is 1. The van der Waals surface area contributed by atoms with E-state index in [0.717, 1.165) is 52.8 Å². The maximum Gasteiger partial charge on any atom is 0.128 e. The molecule has 1 aliphatic heterocycles. The van der Waals surface area contributed by atoms with Crippen LogP contribution in [0.4, 0.5) is 5.69 Å². The number of aryl methyl sites for hydroxylation is 4. The fourth-order valence-corrected chi connectivity index (χ4v) is 5.99. The second-order valence-electron chi connectivity index (χ2n) is 9.61. The van der Waals surface area contributed by atoms with Crippen molar-refractivity contribution in [3.05, 3.63) is 106 Å². The number of halogens is 1. The Labute approximate surface area is 222 Å². The van der Waals surface area contributed by atoms with Gasteiger partial charge in [0, 0.05) is 34.6 Å². The zero-order valence-corrected chi connectivity index (χ0v) is 22.1. The highest BCUT2D eigenvalue weighted by atomic mass is 35.5. The third-order valence-corrected chi connectivity index (χ3v) is 7.82. The minimum absolute atomic E-state index is 0.743. The summed E-state index contributed by atoms with van der Waals surface area (Å²) in [6.07, 6.45) is 5.59. The summed E-state index contributed by atoms with van der Waals surface area (Å²) in [5, 5.41) is 4.38.